The summed E-state index contributed by atoms with van der Waals surface area (Å²) in [6.07, 6.45) is 1.38. The summed E-state index contributed by atoms with van der Waals surface area (Å²) in [5.74, 6) is 0.976. The number of carbonyl (C=O) groups is 1. The number of rotatable bonds is 5. The number of nitrogens with two attached hydrogens (primary N) is 1. The maximum Gasteiger partial charge on any atom is 0.275 e. The number of pyridine rings is 1. The molecule has 6 nitrogen and oxygen atoms in total. The van der Waals surface area contributed by atoms with Crippen LogP contribution in [0.15, 0.2) is 65.8 Å². The highest BCUT2D eigenvalue weighted by atomic mass is 35.5. The van der Waals surface area contributed by atoms with Gasteiger partial charge in [-0.05, 0) is 41.5 Å². The van der Waals surface area contributed by atoms with E-state index in [1.807, 2.05) is 42.5 Å². The van der Waals surface area contributed by atoms with Crippen LogP contribution in [0.4, 0.5) is 5.69 Å². The molecule has 0 fully saturated rings. The van der Waals surface area contributed by atoms with E-state index in [1.54, 1.807) is 13.2 Å². The molecule has 1 unspecified atom stereocenters. The van der Waals surface area contributed by atoms with Crippen molar-refractivity contribution in [3.63, 3.8) is 0 Å². The molecule has 9 heteroatoms. The summed E-state index contributed by atoms with van der Waals surface area (Å²) in [5, 5.41) is 3.90. The number of aromatic nitrogens is 1. The van der Waals surface area contributed by atoms with E-state index in [1.165, 1.54) is 24.0 Å². The number of amidine groups is 1. The number of thioether (sulfide) groups is 1. The van der Waals surface area contributed by atoms with E-state index < -0.39 is 11.4 Å². The number of hydrogen-bond acceptors (Lipinski definition) is 6. The van der Waals surface area contributed by atoms with E-state index >= 15 is 0 Å². The number of nitrogens with zero attached hydrogens (tertiary/aromatic N) is 2. The number of nitrogens with one attached hydrogen (secondary N) is 1. The largest absolute Gasteiger partial charge is 0.497 e. The molecule has 2 aromatic carbocycles. The molecule has 0 bridgehead atoms. The molecule has 2 heterocycles. The second-order valence-electron chi connectivity index (χ2n) is 6.85. The van der Waals surface area contributed by atoms with Crippen molar-refractivity contribution in [1.82, 2.24) is 4.98 Å². The van der Waals surface area contributed by atoms with Crippen LogP contribution in [0, 0.1) is 0 Å². The highest BCUT2D eigenvalue weighted by Crippen LogP contribution is 2.42. The molecule has 0 spiro atoms. The highest BCUT2D eigenvalue weighted by Gasteiger charge is 2.39. The molecule has 0 aliphatic carbocycles. The number of hydrogen-bond donors (Lipinski definition) is 2. The first-order chi connectivity index (χ1) is 14.9. The Morgan fingerprint density at radius 1 is 1.16 bits per heavy atom. The Kier molecular flexibility index (Phi) is 6.09. The fourth-order valence-electron chi connectivity index (χ4n) is 3.39. The predicted molar refractivity (Wildman–Crippen MR) is 127 cm³/mol. The molecule has 4 rings (SSSR count). The minimum Gasteiger partial charge on any atom is -0.497 e. The van der Waals surface area contributed by atoms with Crippen LogP contribution in [0.25, 0.3) is 0 Å². The third kappa shape index (κ3) is 4.35. The Morgan fingerprint density at radius 2 is 1.94 bits per heavy atom. The van der Waals surface area contributed by atoms with Gasteiger partial charge in [0.2, 0.25) is 0 Å². The molecule has 1 atom stereocenters. The summed E-state index contributed by atoms with van der Waals surface area (Å²) in [6.45, 7) is 0. The van der Waals surface area contributed by atoms with Crippen molar-refractivity contribution in [3.8, 4) is 5.75 Å². The van der Waals surface area contributed by atoms with Crippen molar-refractivity contribution in [3.05, 3.63) is 87.7 Å². The lowest BCUT2D eigenvalue weighted by molar-refractivity contribution is 0.102. The van der Waals surface area contributed by atoms with Gasteiger partial charge in [-0.3, -0.25) is 4.79 Å². The first-order valence-corrected chi connectivity index (χ1v) is 11.0. The molecule has 3 aromatic rings. The maximum atomic E-state index is 12.7. The average molecular weight is 473 g/mol. The fourth-order valence-corrected chi connectivity index (χ4v) is 4.83. The number of halogens is 2. The highest BCUT2D eigenvalue weighted by molar-refractivity contribution is 8.14. The number of benzene rings is 2. The van der Waals surface area contributed by atoms with Crippen LogP contribution in [0.1, 0.15) is 21.6 Å². The SMILES string of the molecule is COc1ccc(C2(c3cccc(NC(=O)c4ncc(Cl)cc4Cl)c3)CSC(N)=N2)cc1. The molecule has 1 aromatic heterocycles. The maximum absolute atomic E-state index is 12.7. The van der Waals surface area contributed by atoms with Gasteiger partial charge in [0.15, 0.2) is 5.17 Å². The predicted octanol–water partition coefficient (Wildman–Crippen LogP) is 4.95. The van der Waals surface area contributed by atoms with Crippen molar-refractivity contribution in [2.75, 3.05) is 18.2 Å². The van der Waals surface area contributed by atoms with E-state index in [9.17, 15) is 4.79 Å². The molecule has 3 N–H and O–H groups in total. The smallest absolute Gasteiger partial charge is 0.275 e. The van der Waals surface area contributed by atoms with E-state index in [2.05, 4.69) is 10.3 Å². The number of carbonyl (C=O) groups excluding carboxylic acids is 1. The third-order valence-corrected chi connectivity index (χ3v) is 6.36. The number of aliphatic imine (C=N–C) groups is 1. The van der Waals surface area contributed by atoms with E-state index in [4.69, 9.17) is 38.7 Å². The van der Waals surface area contributed by atoms with E-state index in [0.29, 0.717) is 21.6 Å². The van der Waals surface area contributed by atoms with Crippen LogP contribution in [0.3, 0.4) is 0 Å². The van der Waals surface area contributed by atoms with Crippen LogP contribution >= 0.6 is 35.0 Å². The van der Waals surface area contributed by atoms with Gasteiger partial charge in [0.1, 0.15) is 17.0 Å². The lowest BCUT2D eigenvalue weighted by Crippen LogP contribution is -2.26. The van der Waals surface area contributed by atoms with Crippen LogP contribution in [-0.2, 0) is 5.54 Å². The fraction of sp³-hybridized carbons (Fsp3) is 0.136. The number of ether oxygens (including phenoxy) is 1. The Morgan fingerprint density at radius 3 is 2.58 bits per heavy atom. The minimum atomic E-state index is -0.669. The summed E-state index contributed by atoms with van der Waals surface area (Å²) >= 11 is 13.5. The van der Waals surface area contributed by atoms with Crippen LogP contribution < -0.4 is 15.8 Å². The quantitative estimate of drug-likeness (QED) is 0.547. The van der Waals surface area contributed by atoms with Gasteiger partial charge in [-0.2, -0.15) is 0 Å². The first kappa shape index (κ1) is 21.5. The summed E-state index contributed by atoms with van der Waals surface area (Å²) in [6, 6.07) is 16.7. The standard InChI is InChI=1S/C22H18Cl2N4O2S/c1-30-17-7-5-13(6-8-17)22(12-31-21(25)28-22)14-3-2-4-16(9-14)27-20(29)19-18(24)10-15(23)11-26-19/h2-11H,12H2,1H3,(H2,25,28)(H,27,29). The Labute approximate surface area is 193 Å². The Hall–Kier alpha value is -2.74. The van der Waals surface area contributed by atoms with E-state index in [-0.39, 0.29) is 10.7 Å². The topological polar surface area (TPSA) is 89.6 Å². The van der Waals surface area contributed by atoms with Crippen molar-refractivity contribution in [2.24, 2.45) is 10.7 Å². The monoisotopic (exact) mass is 472 g/mol. The van der Waals surface area contributed by atoms with Crippen LogP contribution in [0.5, 0.6) is 5.75 Å². The summed E-state index contributed by atoms with van der Waals surface area (Å²) in [5.41, 5.74) is 7.95. The van der Waals surface area contributed by atoms with Gasteiger partial charge in [0, 0.05) is 17.6 Å². The summed E-state index contributed by atoms with van der Waals surface area (Å²) in [4.78, 5) is 21.5. The lowest BCUT2D eigenvalue weighted by Gasteiger charge is -2.27. The second kappa shape index (κ2) is 8.78. The molecular formula is C22H18Cl2N4O2S. The van der Waals surface area contributed by atoms with Gasteiger partial charge in [0.25, 0.3) is 5.91 Å². The third-order valence-electron chi connectivity index (χ3n) is 4.92. The molecule has 1 aliphatic heterocycles. The molecule has 0 saturated heterocycles. The molecule has 1 aliphatic rings. The van der Waals surface area contributed by atoms with Gasteiger partial charge >= 0.3 is 0 Å². The minimum absolute atomic E-state index is 0.0972. The summed E-state index contributed by atoms with van der Waals surface area (Å²) in [7, 11) is 1.63. The van der Waals surface area contributed by atoms with Crippen LogP contribution in [-0.4, -0.2) is 28.9 Å². The van der Waals surface area contributed by atoms with Gasteiger partial charge in [-0.15, -0.1) is 0 Å². The van der Waals surface area contributed by atoms with Gasteiger partial charge in [0.05, 0.1) is 17.2 Å². The van der Waals surface area contributed by atoms with Gasteiger partial charge in [-0.25, -0.2) is 9.98 Å². The molecule has 158 valence electrons. The zero-order valence-corrected chi connectivity index (χ0v) is 18.8. The Balaban J connectivity index is 1.68. The van der Waals surface area contributed by atoms with Crippen molar-refractivity contribution < 1.29 is 9.53 Å². The van der Waals surface area contributed by atoms with Crippen molar-refractivity contribution in [1.29, 1.82) is 0 Å². The molecule has 31 heavy (non-hydrogen) atoms. The summed E-state index contributed by atoms with van der Waals surface area (Å²) < 4.78 is 5.28. The van der Waals surface area contributed by atoms with E-state index in [0.717, 1.165) is 16.9 Å². The molecular weight excluding hydrogens is 455 g/mol. The Bertz CT molecular complexity index is 1170. The number of anilines is 1. The second-order valence-corrected chi connectivity index (χ2v) is 8.69. The lowest BCUT2D eigenvalue weighted by atomic mass is 9.85. The zero-order valence-electron chi connectivity index (χ0n) is 16.4. The zero-order chi connectivity index (χ0) is 22.0. The van der Waals surface area contributed by atoms with Gasteiger partial charge in [-0.1, -0.05) is 59.2 Å². The van der Waals surface area contributed by atoms with Crippen molar-refractivity contribution >= 4 is 51.7 Å². The van der Waals surface area contributed by atoms with Gasteiger partial charge < -0.3 is 15.8 Å². The molecule has 0 radical (unpaired) electrons. The molecule has 1 amide bonds. The van der Waals surface area contributed by atoms with Crippen molar-refractivity contribution in [2.45, 2.75) is 5.54 Å². The van der Waals surface area contributed by atoms with Crippen LogP contribution in [0.2, 0.25) is 10.0 Å². The number of methoxy groups -OCH3 is 1. The molecule has 0 saturated carbocycles. The first-order valence-electron chi connectivity index (χ1n) is 9.27. The average Bonchev–Trinajstić information content (AvgIpc) is 3.17. The number of amides is 1. The normalized spacial score (nSPS) is 17.8.